The van der Waals surface area contributed by atoms with Crippen molar-refractivity contribution in [3.8, 4) is 0 Å². The van der Waals surface area contributed by atoms with Gasteiger partial charge in [-0.2, -0.15) is 0 Å². The highest BCUT2D eigenvalue weighted by atomic mass is 19.1. The molecule has 0 bridgehead atoms. The second-order valence-corrected chi connectivity index (χ2v) is 6.81. The Hall–Kier alpha value is -2.69. The first-order valence-electron chi connectivity index (χ1n) is 8.95. The van der Waals surface area contributed by atoms with Crippen LogP contribution in [0.25, 0.3) is 0 Å². The van der Waals surface area contributed by atoms with Crippen molar-refractivity contribution < 1.29 is 14.0 Å². The lowest BCUT2D eigenvalue weighted by atomic mass is 9.85. The minimum atomic E-state index is -0.949. The monoisotopic (exact) mass is 354 g/mol. The number of carbonyl (C=O) groups is 2. The Kier molecular flexibility index (Phi) is 5.66. The molecule has 0 aromatic heterocycles. The van der Waals surface area contributed by atoms with Crippen molar-refractivity contribution in [1.29, 1.82) is 0 Å². The van der Waals surface area contributed by atoms with Gasteiger partial charge in [-0.3, -0.25) is 9.59 Å². The summed E-state index contributed by atoms with van der Waals surface area (Å²) in [6, 6.07) is 15.7. The van der Waals surface area contributed by atoms with Crippen LogP contribution < -0.4 is 10.6 Å². The van der Waals surface area contributed by atoms with E-state index in [-0.39, 0.29) is 17.6 Å². The summed E-state index contributed by atoms with van der Waals surface area (Å²) < 4.78 is 13.0. The Morgan fingerprint density at radius 3 is 2.50 bits per heavy atom. The largest absolute Gasteiger partial charge is 0.350 e. The van der Waals surface area contributed by atoms with Gasteiger partial charge in [0.25, 0.3) is 0 Å². The maximum absolute atomic E-state index is 13.1. The van der Waals surface area contributed by atoms with Crippen molar-refractivity contribution in [2.24, 2.45) is 0 Å². The van der Waals surface area contributed by atoms with Crippen LogP contribution in [0.3, 0.4) is 0 Å². The first kappa shape index (κ1) is 18.1. The molecule has 4 nitrogen and oxygen atoms in total. The minimum absolute atomic E-state index is 0.0876. The lowest BCUT2D eigenvalue weighted by Gasteiger charge is -2.32. The van der Waals surface area contributed by atoms with Crippen LogP contribution in [0.4, 0.5) is 4.39 Å². The molecule has 2 amide bonds. The number of hydrogen-bond acceptors (Lipinski definition) is 2. The van der Waals surface area contributed by atoms with Gasteiger partial charge in [0.2, 0.25) is 11.8 Å². The summed E-state index contributed by atoms with van der Waals surface area (Å²) in [4.78, 5) is 25.2. The summed E-state index contributed by atoms with van der Waals surface area (Å²) in [6.07, 6.45) is 3.10. The Bertz CT molecular complexity index is 761. The molecule has 3 rings (SSSR count). The molecule has 5 heteroatoms. The molecule has 26 heavy (non-hydrogen) atoms. The van der Waals surface area contributed by atoms with Crippen molar-refractivity contribution in [1.82, 2.24) is 10.6 Å². The molecular formula is C21H23FN2O2. The molecule has 2 aromatic rings. The average molecular weight is 354 g/mol. The Morgan fingerprint density at radius 2 is 1.77 bits per heavy atom. The molecule has 0 spiro atoms. The van der Waals surface area contributed by atoms with Crippen molar-refractivity contribution >= 4 is 11.8 Å². The maximum Gasteiger partial charge on any atom is 0.246 e. The predicted octanol–water partition coefficient (Wildman–Crippen LogP) is 3.11. The lowest BCUT2D eigenvalue weighted by molar-refractivity contribution is -0.133. The molecule has 136 valence electrons. The maximum atomic E-state index is 13.1. The smallest absolute Gasteiger partial charge is 0.246 e. The summed E-state index contributed by atoms with van der Waals surface area (Å²) in [6.45, 7) is 0.297. The highest BCUT2D eigenvalue weighted by Gasteiger charge is 2.40. The van der Waals surface area contributed by atoms with Crippen LogP contribution in [0.5, 0.6) is 0 Å². The van der Waals surface area contributed by atoms with E-state index in [1.807, 2.05) is 30.3 Å². The molecular weight excluding hydrogens is 331 g/mol. The van der Waals surface area contributed by atoms with Gasteiger partial charge in [0.05, 0.1) is 0 Å². The molecule has 0 aliphatic carbocycles. The van der Waals surface area contributed by atoms with E-state index in [0.717, 1.165) is 24.0 Å². The molecule has 1 unspecified atom stereocenters. The molecule has 1 saturated heterocycles. The SMILES string of the molecule is O=C1CCCCC(Cc2ccccc2)(C(=O)NCc2ccc(F)cc2)N1. The van der Waals surface area contributed by atoms with Crippen LogP contribution in [-0.4, -0.2) is 17.4 Å². The topological polar surface area (TPSA) is 58.2 Å². The van der Waals surface area contributed by atoms with Gasteiger partial charge in [0, 0.05) is 19.4 Å². The summed E-state index contributed by atoms with van der Waals surface area (Å²) in [5.74, 6) is -0.590. The van der Waals surface area contributed by atoms with Gasteiger partial charge in [-0.25, -0.2) is 4.39 Å². The quantitative estimate of drug-likeness (QED) is 0.867. The van der Waals surface area contributed by atoms with Crippen LogP contribution in [0, 0.1) is 5.82 Å². The Labute approximate surface area is 152 Å². The van der Waals surface area contributed by atoms with Crippen molar-refractivity contribution in [2.45, 2.75) is 44.2 Å². The van der Waals surface area contributed by atoms with Crippen molar-refractivity contribution in [3.05, 3.63) is 71.5 Å². The van der Waals surface area contributed by atoms with E-state index in [4.69, 9.17) is 0 Å². The zero-order chi connectivity index (χ0) is 18.4. The normalized spacial score (nSPS) is 20.1. The number of halogens is 1. The summed E-state index contributed by atoms with van der Waals surface area (Å²) in [5.41, 5.74) is 0.871. The number of hydrogen-bond donors (Lipinski definition) is 2. The Balaban J connectivity index is 1.78. The standard InChI is InChI=1S/C21H23FN2O2/c22-18-11-9-17(10-12-18)15-23-20(26)21(13-5-4-8-19(25)24-21)14-16-6-2-1-3-7-16/h1-3,6-7,9-12H,4-5,8,13-15H2,(H,23,26)(H,24,25). The van der Waals surface area contributed by atoms with Gasteiger partial charge < -0.3 is 10.6 Å². The van der Waals surface area contributed by atoms with E-state index >= 15 is 0 Å². The van der Waals surface area contributed by atoms with E-state index in [9.17, 15) is 14.0 Å². The van der Waals surface area contributed by atoms with Gasteiger partial charge in [-0.15, -0.1) is 0 Å². The first-order valence-corrected chi connectivity index (χ1v) is 8.95. The number of nitrogens with one attached hydrogen (secondary N) is 2. The molecule has 1 heterocycles. The molecule has 2 aromatic carbocycles. The molecule has 1 fully saturated rings. The third kappa shape index (κ3) is 4.48. The van der Waals surface area contributed by atoms with Gasteiger partial charge in [0.15, 0.2) is 0 Å². The van der Waals surface area contributed by atoms with Crippen molar-refractivity contribution in [3.63, 3.8) is 0 Å². The van der Waals surface area contributed by atoms with E-state index in [0.29, 0.717) is 25.8 Å². The van der Waals surface area contributed by atoms with E-state index in [1.165, 1.54) is 12.1 Å². The fraction of sp³-hybridized carbons (Fsp3) is 0.333. The molecule has 2 N–H and O–H groups in total. The summed E-state index contributed by atoms with van der Waals surface area (Å²) in [5, 5.41) is 5.90. The molecule has 0 radical (unpaired) electrons. The van der Waals surface area contributed by atoms with E-state index < -0.39 is 5.54 Å². The zero-order valence-electron chi connectivity index (χ0n) is 14.6. The highest BCUT2D eigenvalue weighted by molar-refractivity contribution is 5.92. The Morgan fingerprint density at radius 1 is 1.04 bits per heavy atom. The molecule has 1 aliphatic rings. The summed E-state index contributed by atoms with van der Waals surface area (Å²) in [7, 11) is 0. The van der Waals surface area contributed by atoms with Crippen LogP contribution in [-0.2, 0) is 22.6 Å². The predicted molar refractivity (Wildman–Crippen MR) is 97.7 cm³/mol. The number of benzene rings is 2. The third-order valence-corrected chi connectivity index (χ3v) is 4.79. The van der Waals surface area contributed by atoms with Crippen LogP contribution in [0.15, 0.2) is 54.6 Å². The van der Waals surface area contributed by atoms with E-state index in [2.05, 4.69) is 10.6 Å². The number of amides is 2. The van der Waals surface area contributed by atoms with E-state index in [1.54, 1.807) is 12.1 Å². The third-order valence-electron chi connectivity index (χ3n) is 4.79. The van der Waals surface area contributed by atoms with Crippen LogP contribution >= 0.6 is 0 Å². The fourth-order valence-corrected chi connectivity index (χ4v) is 3.39. The average Bonchev–Trinajstić information content (AvgIpc) is 2.84. The van der Waals surface area contributed by atoms with Gasteiger partial charge >= 0.3 is 0 Å². The first-order chi connectivity index (χ1) is 12.6. The summed E-state index contributed by atoms with van der Waals surface area (Å²) >= 11 is 0. The highest BCUT2D eigenvalue weighted by Crippen LogP contribution is 2.25. The second-order valence-electron chi connectivity index (χ2n) is 6.81. The molecule has 1 aliphatic heterocycles. The van der Waals surface area contributed by atoms with Gasteiger partial charge in [-0.05, 0) is 36.1 Å². The minimum Gasteiger partial charge on any atom is -0.350 e. The lowest BCUT2D eigenvalue weighted by Crippen LogP contribution is -2.59. The number of carbonyl (C=O) groups excluding carboxylic acids is 2. The van der Waals surface area contributed by atoms with Crippen molar-refractivity contribution in [2.75, 3.05) is 0 Å². The van der Waals surface area contributed by atoms with Crippen LogP contribution in [0.2, 0.25) is 0 Å². The fourth-order valence-electron chi connectivity index (χ4n) is 3.39. The zero-order valence-corrected chi connectivity index (χ0v) is 14.6. The van der Waals surface area contributed by atoms with Gasteiger partial charge in [-0.1, -0.05) is 48.9 Å². The second kappa shape index (κ2) is 8.13. The van der Waals surface area contributed by atoms with Crippen LogP contribution in [0.1, 0.15) is 36.8 Å². The molecule has 1 atom stereocenters. The number of rotatable bonds is 5. The molecule has 0 saturated carbocycles. The van der Waals surface area contributed by atoms with Gasteiger partial charge in [0.1, 0.15) is 11.4 Å².